The summed E-state index contributed by atoms with van der Waals surface area (Å²) in [5.74, 6) is -0.100. The topological polar surface area (TPSA) is 84.2 Å². The van der Waals surface area contributed by atoms with Gasteiger partial charge >= 0.3 is 5.97 Å². The molecule has 1 N–H and O–H groups in total. The van der Waals surface area contributed by atoms with Crippen molar-refractivity contribution in [3.05, 3.63) is 24.0 Å². The van der Waals surface area contributed by atoms with Crippen molar-refractivity contribution >= 4 is 11.7 Å². The molecule has 1 aromatic rings. The van der Waals surface area contributed by atoms with E-state index in [1.54, 1.807) is 12.3 Å². The first-order chi connectivity index (χ1) is 11.6. The molecule has 24 heavy (non-hydrogen) atoms. The van der Waals surface area contributed by atoms with Crippen LogP contribution in [0.5, 0.6) is 0 Å². The van der Waals surface area contributed by atoms with Crippen molar-refractivity contribution in [2.45, 2.75) is 50.2 Å². The molecule has 6 nitrogen and oxygen atoms in total. The van der Waals surface area contributed by atoms with Gasteiger partial charge in [-0.1, -0.05) is 0 Å². The zero-order valence-electron chi connectivity index (χ0n) is 13.8. The van der Waals surface area contributed by atoms with Crippen molar-refractivity contribution < 1.29 is 14.3 Å². The maximum Gasteiger partial charge on any atom is 0.315 e. The average molecular weight is 327 g/mol. The van der Waals surface area contributed by atoms with E-state index in [4.69, 9.17) is 14.7 Å². The molecule has 4 fully saturated rings. The van der Waals surface area contributed by atoms with E-state index in [0.717, 1.165) is 19.3 Å². The maximum atomic E-state index is 12.6. The lowest BCUT2D eigenvalue weighted by molar-refractivity contribution is -0.170. The molecule has 2 bridgehead atoms. The summed E-state index contributed by atoms with van der Waals surface area (Å²) in [4.78, 5) is 16.6. The zero-order chi connectivity index (χ0) is 16.8. The van der Waals surface area contributed by atoms with E-state index in [-0.39, 0.29) is 17.2 Å². The van der Waals surface area contributed by atoms with Gasteiger partial charge in [0, 0.05) is 12.7 Å². The minimum absolute atomic E-state index is 0.100. The number of ether oxygens (including phenoxy) is 2. The lowest BCUT2D eigenvalue weighted by Crippen LogP contribution is -2.58. The Morgan fingerprint density at radius 3 is 2.92 bits per heavy atom. The smallest absolute Gasteiger partial charge is 0.315 e. The Morgan fingerprint density at radius 1 is 1.50 bits per heavy atom. The summed E-state index contributed by atoms with van der Waals surface area (Å²) in [6.07, 6.45) is 5.98. The Bertz CT molecular complexity index is 714. The Labute approximate surface area is 141 Å². The van der Waals surface area contributed by atoms with Gasteiger partial charge in [-0.3, -0.25) is 4.79 Å². The lowest BCUT2D eigenvalue weighted by Gasteiger charge is -2.49. The van der Waals surface area contributed by atoms with Crippen LogP contribution in [0.4, 0.5) is 5.69 Å². The first-order valence-corrected chi connectivity index (χ1v) is 8.55. The van der Waals surface area contributed by atoms with Crippen LogP contribution in [-0.4, -0.2) is 35.3 Å². The quantitative estimate of drug-likeness (QED) is 0.836. The van der Waals surface area contributed by atoms with Crippen LogP contribution in [0.25, 0.3) is 0 Å². The van der Waals surface area contributed by atoms with Crippen LogP contribution in [0.15, 0.2) is 18.3 Å². The Balaban J connectivity index is 1.51. The molecule has 6 heteroatoms. The van der Waals surface area contributed by atoms with E-state index in [1.807, 2.05) is 13.0 Å². The van der Waals surface area contributed by atoms with Gasteiger partial charge in [0.25, 0.3) is 0 Å². The number of pyridine rings is 1. The summed E-state index contributed by atoms with van der Waals surface area (Å²) in [5.41, 5.74) is -0.0398. The molecular formula is C18H21N3O3. The molecule has 0 aromatic carbocycles. The minimum atomic E-state index is -0.462. The number of nitrogens with one attached hydrogen (secondary N) is 1. The van der Waals surface area contributed by atoms with Crippen molar-refractivity contribution in [3.63, 3.8) is 0 Å². The predicted octanol–water partition coefficient (Wildman–Crippen LogP) is 2.40. The highest BCUT2D eigenvalue weighted by atomic mass is 16.6. The van der Waals surface area contributed by atoms with E-state index < -0.39 is 5.41 Å². The minimum Gasteiger partial charge on any atom is -0.465 e. The third kappa shape index (κ3) is 1.91. The number of rotatable bonds is 5. The van der Waals surface area contributed by atoms with Gasteiger partial charge in [-0.2, -0.15) is 5.26 Å². The number of carbonyl (C=O) groups is 1. The van der Waals surface area contributed by atoms with Crippen LogP contribution in [0, 0.1) is 16.7 Å². The number of nitriles is 1. The number of anilines is 1. The molecule has 5 rings (SSSR count). The third-order valence-electron chi connectivity index (χ3n) is 5.87. The second-order valence-electron chi connectivity index (χ2n) is 7.15. The van der Waals surface area contributed by atoms with Gasteiger partial charge < -0.3 is 14.8 Å². The van der Waals surface area contributed by atoms with E-state index in [1.165, 1.54) is 0 Å². The standard InChI is InChI=1S/C18H21N3O3/c1-2-23-15(22)17-10-16(11-17,24-18(17)6-4-7-18)12-21-13-5-3-8-20-14(13)9-19/h3,5,8,21H,2,4,6-7,10-12H2,1H3. The molecule has 2 saturated heterocycles. The number of nitrogens with zero attached hydrogens (tertiary/aromatic N) is 2. The van der Waals surface area contributed by atoms with Crippen LogP contribution in [0.3, 0.4) is 0 Å². The first kappa shape index (κ1) is 15.4. The monoisotopic (exact) mass is 327 g/mol. The van der Waals surface area contributed by atoms with Crippen molar-refractivity contribution in [1.29, 1.82) is 5.26 Å². The van der Waals surface area contributed by atoms with Crippen LogP contribution in [-0.2, 0) is 14.3 Å². The van der Waals surface area contributed by atoms with E-state index in [2.05, 4.69) is 16.4 Å². The molecule has 0 unspecified atom stereocenters. The molecule has 4 aliphatic rings. The molecule has 3 heterocycles. The maximum absolute atomic E-state index is 12.6. The molecule has 0 amide bonds. The predicted molar refractivity (Wildman–Crippen MR) is 86.1 cm³/mol. The third-order valence-corrected chi connectivity index (χ3v) is 5.87. The van der Waals surface area contributed by atoms with Crippen molar-refractivity contribution in [3.8, 4) is 6.07 Å². The fourth-order valence-electron chi connectivity index (χ4n) is 4.69. The summed E-state index contributed by atoms with van der Waals surface area (Å²) in [6, 6.07) is 5.73. The zero-order valence-corrected chi connectivity index (χ0v) is 13.8. The fraction of sp³-hybridized carbons (Fsp3) is 0.611. The van der Waals surface area contributed by atoms with E-state index >= 15 is 0 Å². The van der Waals surface area contributed by atoms with Crippen molar-refractivity contribution in [1.82, 2.24) is 4.98 Å². The number of hydrogen-bond acceptors (Lipinski definition) is 6. The number of carbonyl (C=O) groups excluding carboxylic acids is 1. The molecule has 126 valence electrons. The summed E-state index contributed by atoms with van der Waals surface area (Å²) in [5, 5.41) is 12.4. The normalized spacial score (nSPS) is 31.7. The molecule has 2 aliphatic carbocycles. The lowest BCUT2D eigenvalue weighted by atomic mass is 9.51. The Hall–Kier alpha value is -2.13. The van der Waals surface area contributed by atoms with Gasteiger partial charge in [-0.05, 0) is 51.2 Å². The average Bonchev–Trinajstić information content (AvgIpc) is 3.01. The Kier molecular flexibility index (Phi) is 3.33. The molecule has 0 atom stereocenters. The number of esters is 1. The molecule has 2 aliphatic heterocycles. The van der Waals surface area contributed by atoms with Crippen LogP contribution in [0.1, 0.15) is 44.7 Å². The van der Waals surface area contributed by atoms with E-state index in [0.29, 0.717) is 37.4 Å². The highest BCUT2D eigenvalue weighted by Gasteiger charge is 2.79. The van der Waals surface area contributed by atoms with Gasteiger partial charge in [0.2, 0.25) is 0 Å². The highest BCUT2D eigenvalue weighted by Crippen LogP contribution is 2.72. The summed E-state index contributed by atoms with van der Waals surface area (Å²) < 4.78 is 11.8. The summed E-state index contributed by atoms with van der Waals surface area (Å²) in [6.45, 7) is 2.83. The SMILES string of the molecule is CCOC(=O)C12CC(CNc3cccnc3C#N)(C1)OC21CCC1. The summed E-state index contributed by atoms with van der Waals surface area (Å²) in [7, 11) is 0. The number of hydrogen-bond donors (Lipinski definition) is 1. The molecule has 1 aromatic heterocycles. The van der Waals surface area contributed by atoms with Crippen LogP contribution >= 0.6 is 0 Å². The fourth-order valence-corrected chi connectivity index (χ4v) is 4.69. The molecule has 1 spiro atoms. The summed E-state index contributed by atoms with van der Waals surface area (Å²) >= 11 is 0. The van der Waals surface area contributed by atoms with Gasteiger partial charge in [0.1, 0.15) is 11.5 Å². The Morgan fingerprint density at radius 2 is 2.29 bits per heavy atom. The first-order valence-electron chi connectivity index (χ1n) is 8.55. The molecular weight excluding hydrogens is 306 g/mol. The van der Waals surface area contributed by atoms with Crippen molar-refractivity contribution in [2.75, 3.05) is 18.5 Å². The second kappa shape index (κ2) is 5.18. The van der Waals surface area contributed by atoms with Gasteiger partial charge in [-0.15, -0.1) is 0 Å². The van der Waals surface area contributed by atoms with Gasteiger partial charge in [-0.25, -0.2) is 4.98 Å². The van der Waals surface area contributed by atoms with Gasteiger partial charge in [0.05, 0.1) is 23.5 Å². The second-order valence-corrected chi connectivity index (χ2v) is 7.15. The van der Waals surface area contributed by atoms with Crippen LogP contribution in [0.2, 0.25) is 0 Å². The van der Waals surface area contributed by atoms with Gasteiger partial charge in [0.15, 0.2) is 5.69 Å². The van der Waals surface area contributed by atoms with Crippen LogP contribution < -0.4 is 5.32 Å². The van der Waals surface area contributed by atoms with E-state index in [9.17, 15) is 4.79 Å². The molecule has 2 saturated carbocycles. The highest BCUT2D eigenvalue weighted by molar-refractivity contribution is 5.82. The molecule has 0 radical (unpaired) electrons. The number of aromatic nitrogens is 1. The largest absolute Gasteiger partial charge is 0.465 e. The van der Waals surface area contributed by atoms with Crippen molar-refractivity contribution in [2.24, 2.45) is 5.41 Å².